The molecular formula is C16H13Cl2NO3. The summed E-state index contributed by atoms with van der Waals surface area (Å²) in [6.07, 6.45) is 0. The van der Waals surface area contributed by atoms with Gasteiger partial charge in [0.15, 0.2) is 0 Å². The minimum absolute atomic E-state index is 0.281. The number of anilines is 1. The minimum Gasteiger partial charge on any atom is -0.462 e. The van der Waals surface area contributed by atoms with Gasteiger partial charge in [-0.3, -0.25) is 4.79 Å². The number of esters is 1. The summed E-state index contributed by atoms with van der Waals surface area (Å²) in [4.78, 5) is 23.7. The summed E-state index contributed by atoms with van der Waals surface area (Å²) in [6, 6.07) is 11.0. The van der Waals surface area contributed by atoms with Crippen molar-refractivity contribution in [2.45, 2.75) is 6.92 Å². The second kappa shape index (κ2) is 7.29. The third kappa shape index (κ3) is 4.00. The Labute approximate surface area is 138 Å². The molecule has 0 saturated carbocycles. The number of halogens is 2. The Balaban J connectivity index is 2.12. The molecule has 6 heteroatoms. The highest BCUT2D eigenvalue weighted by Gasteiger charge is 2.12. The molecular weight excluding hydrogens is 325 g/mol. The van der Waals surface area contributed by atoms with Crippen molar-refractivity contribution in [3.8, 4) is 0 Å². The van der Waals surface area contributed by atoms with E-state index in [0.717, 1.165) is 0 Å². The fourth-order valence-electron chi connectivity index (χ4n) is 1.77. The first-order chi connectivity index (χ1) is 10.5. The Morgan fingerprint density at radius 2 is 1.77 bits per heavy atom. The van der Waals surface area contributed by atoms with Gasteiger partial charge in [-0.2, -0.15) is 0 Å². The van der Waals surface area contributed by atoms with Crippen LogP contribution in [-0.2, 0) is 4.74 Å². The van der Waals surface area contributed by atoms with Gasteiger partial charge in [0.05, 0.1) is 22.8 Å². The molecule has 4 nitrogen and oxygen atoms in total. The molecule has 2 aromatic carbocycles. The monoisotopic (exact) mass is 337 g/mol. The Hall–Kier alpha value is -2.04. The first-order valence-corrected chi connectivity index (χ1v) is 7.30. The van der Waals surface area contributed by atoms with E-state index in [0.29, 0.717) is 27.9 Å². The predicted octanol–water partition coefficient (Wildman–Crippen LogP) is 4.42. The summed E-state index contributed by atoms with van der Waals surface area (Å²) in [5.74, 6) is -0.783. The zero-order valence-corrected chi connectivity index (χ0v) is 13.2. The Morgan fingerprint density at radius 3 is 2.41 bits per heavy atom. The molecule has 0 unspecified atom stereocenters. The fraction of sp³-hybridized carbons (Fsp3) is 0.125. The van der Waals surface area contributed by atoms with E-state index in [1.165, 1.54) is 6.07 Å². The SMILES string of the molecule is CCOC(=O)c1ccc(NC(=O)c2cc(Cl)ccc2Cl)cc1. The molecule has 0 atom stereocenters. The van der Waals surface area contributed by atoms with E-state index < -0.39 is 5.97 Å². The van der Waals surface area contributed by atoms with Crippen molar-refractivity contribution in [3.05, 3.63) is 63.6 Å². The number of hydrogen-bond acceptors (Lipinski definition) is 3. The van der Waals surface area contributed by atoms with Gasteiger partial charge in [-0.05, 0) is 49.4 Å². The van der Waals surface area contributed by atoms with Gasteiger partial charge >= 0.3 is 5.97 Å². The summed E-state index contributed by atoms with van der Waals surface area (Å²) < 4.78 is 4.89. The van der Waals surface area contributed by atoms with E-state index >= 15 is 0 Å². The van der Waals surface area contributed by atoms with Crippen molar-refractivity contribution in [1.82, 2.24) is 0 Å². The van der Waals surface area contributed by atoms with Crippen LogP contribution in [0.1, 0.15) is 27.6 Å². The van der Waals surface area contributed by atoms with Gasteiger partial charge in [-0.25, -0.2) is 4.79 Å². The van der Waals surface area contributed by atoms with E-state index in [4.69, 9.17) is 27.9 Å². The summed E-state index contributed by atoms with van der Waals surface area (Å²) in [5, 5.41) is 3.42. The summed E-state index contributed by atoms with van der Waals surface area (Å²) in [6.45, 7) is 2.05. The molecule has 0 radical (unpaired) electrons. The zero-order valence-electron chi connectivity index (χ0n) is 11.7. The van der Waals surface area contributed by atoms with Crippen molar-refractivity contribution < 1.29 is 14.3 Å². The number of hydrogen-bond donors (Lipinski definition) is 1. The van der Waals surface area contributed by atoms with Gasteiger partial charge in [0.2, 0.25) is 0 Å². The fourth-order valence-corrected chi connectivity index (χ4v) is 2.15. The maximum Gasteiger partial charge on any atom is 0.338 e. The van der Waals surface area contributed by atoms with Crippen LogP contribution in [0.25, 0.3) is 0 Å². The van der Waals surface area contributed by atoms with Crippen molar-refractivity contribution in [2.24, 2.45) is 0 Å². The first-order valence-electron chi connectivity index (χ1n) is 6.55. The maximum absolute atomic E-state index is 12.2. The van der Waals surface area contributed by atoms with Gasteiger partial charge in [0.1, 0.15) is 0 Å². The molecule has 114 valence electrons. The van der Waals surface area contributed by atoms with Crippen LogP contribution in [0.4, 0.5) is 5.69 Å². The molecule has 0 fully saturated rings. The van der Waals surface area contributed by atoms with E-state index in [2.05, 4.69) is 5.32 Å². The summed E-state index contributed by atoms with van der Waals surface area (Å²) in [5.41, 5.74) is 1.23. The predicted molar refractivity (Wildman–Crippen MR) is 86.8 cm³/mol. The van der Waals surface area contributed by atoms with Gasteiger partial charge in [0, 0.05) is 10.7 Å². The van der Waals surface area contributed by atoms with Crippen molar-refractivity contribution in [2.75, 3.05) is 11.9 Å². The number of rotatable bonds is 4. The average Bonchev–Trinajstić information content (AvgIpc) is 2.50. The van der Waals surface area contributed by atoms with E-state index in [1.54, 1.807) is 43.3 Å². The molecule has 2 rings (SSSR count). The van der Waals surface area contributed by atoms with Gasteiger partial charge < -0.3 is 10.1 Å². The number of amides is 1. The molecule has 2 aromatic rings. The first kappa shape index (κ1) is 16.3. The molecule has 0 bridgehead atoms. The van der Waals surface area contributed by atoms with Crippen LogP contribution in [-0.4, -0.2) is 18.5 Å². The minimum atomic E-state index is -0.404. The van der Waals surface area contributed by atoms with Gasteiger partial charge in [-0.1, -0.05) is 23.2 Å². The van der Waals surface area contributed by atoms with Crippen molar-refractivity contribution in [3.63, 3.8) is 0 Å². The quantitative estimate of drug-likeness (QED) is 0.840. The van der Waals surface area contributed by atoms with E-state index in [9.17, 15) is 9.59 Å². The molecule has 0 aliphatic rings. The molecule has 0 heterocycles. The van der Waals surface area contributed by atoms with Crippen LogP contribution in [0, 0.1) is 0 Å². The highest BCUT2D eigenvalue weighted by atomic mass is 35.5. The zero-order chi connectivity index (χ0) is 16.1. The molecule has 1 amide bonds. The number of nitrogens with one attached hydrogen (secondary N) is 1. The molecule has 1 N–H and O–H groups in total. The highest BCUT2D eigenvalue weighted by Crippen LogP contribution is 2.22. The molecule has 0 aliphatic carbocycles. The Bertz CT molecular complexity index is 699. The molecule has 22 heavy (non-hydrogen) atoms. The molecule has 0 aromatic heterocycles. The standard InChI is InChI=1S/C16H13Cl2NO3/c1-2-22-16(21)10-3-6-12(7-4-10)19-15(20)13-9-11(17)5-8-14(13)18/h3-9H,2H2,1H3,(H,19,20). The second-order valence-corrected chi connectivity index (χ2v) is 5.22. The van der Waals surface area contributed by atoms with Crippen LogP contribution in [0.3, 0.4) is 0 Å². The molecule has 0 aliphatic heterocycles. The maximum atomic E-state index is 12.2. The summed E-state index contributed by atoms with van der Waals surface area (Å²) in [7, 11) is 0. The van der Waals surface area contributed by atoms with Gasteiger partial charge in [-0.15, -0.1) is 0 Å². The van der Waals surface area contributed by atoms with Crippen LogP contribution < -0.4 is 5.32 Å². The van der Waals surface area contributed by atoms with E-state index in [1.807, 2.05) is 0 Å². The van der Waals surface area contributed by atoms with Crippen LogP contribution in [0.5, 0.6) is 0 Å². The molecule has 0 saturated heterocycles. The number of ether oxygens (including phenoxy) is 1. The normalized spacial score (nSPS) is 10.1. The van der Waals surface area contributed by atoms with Crippen LogP contribution >= 0.6 is 23.2 Å². The van der Waals surface area contributed by atoms with E-state index in [-0.39, 0.29) is 11.5 Å². The average molecular weight is 338 g/mol. The lowest BCUT2D eigenvalue weighted by molar-refractivity contribution is 0.0526. The lowest BCUT2D eigenvalue weighted by Gasteiger charge is -2.08. The number of carbonyl (C=O) groups excluding carboxylic acids is 2. The highest BCUT2D eigenvalue weighted by molar-refractivity contribution is 6.36. The topological polar surface area (TPSA) is 55.4 Å². The largest absolute Gasteiger partial charge is 0.462 e. The summed E-state index contributed by atoms with van der Waals surface area (Å²) >= 11 is 11.8. The second-order valence-electron chi connectivity index (χ2n) is 4.38. The molecule has 0 spiro atoms. The van der Waals surface area contributed by atoms with Crippen LogP contribution in [0.2, 0.25) is 10.0 Å². The Morgan fingerprint density at radius 1 is 1.09 bits per heavy atom. The van der Waals surface area contributed by atoms with Crippen molar-refractivity contribution >= 4 is 40.8 Å². The third-order valence-corrected chi connectivity index (χ3v) is 3.39. The lowest BCUT2D eigenvalue weighted by Crippen LogP contribution is -2.12. The number of carbonyl (C=O) groups is 2. The van der Waals surface area contributed by atoms with Crippen molar-refractivity contribution in [1.29, 1.82) is 0 Å². The lowest BCUT2D eigenvalue weighted by atomic mass is 10.2. The third-order valence-electron chi connectivity index (χ3n) is 2.83. The Kier molecular flexibility index (Phi) is 5.41. The number of benzene rings is 2. The van der Waals surface area contributed by atoms with Gasteiger partial charge in [0.25, 0.3) is 5.91 Å². The smallest absolute Gasteiger partial charge is 0.338 e. The van der Waals surface area contributed by atoms with Crippen LogP contribution in [0.15, 0.2) is 42.5 Å².